The molecule has 1 atom stereocenters. The maximum Gasteiger partial charge on any atom is 0.142 e. The number of benzene rings is 1. The third-order valence-corrected chi connectivity index (χ3v) is 7.29. The van der Waals surface area contributed by atoms with Crippen molar-refractivity contribution in [2.45, 2.75) is 19.4 Å². The monoisotopic (exact) mass is 522 g/mol. The Morgan fingerprint density at radius 1 is 1.38 bits per heavy atom. The fourth-order valence-corrected chi connectivity index (χ4v) is 5.60. The molecule has 1 unspecified atom stereocenters. The van der Waals surface area contributed by atoms with Crippen LogP contribution in [0.1, 0.15) is 18.2 Å². The van der Waals surface area contributed by atoms with Gasteiger partial charge in [0.25, 0.3) is 0 Å². The van der Waals surface area contributed by atoms with E-state index in [2.05, 4.69) is 22.2 Å². The molecule has 1 fully saturated rings. The van der Waals surface area contributed by atoms with E-state index < -0.39 is 11.6 Å². The molecule has 10 heteroatoms. The summed E-state index contributed by atoms with van der Waals surface area (Å²) >= 11 is 1.20. The van der Waals surface area contributed by atoms with Crippen molar-refractivity contribution in [3.63, 3.8) is 0 Å². The smallest absolute Gasteiger partial charge is 0.142 e. The minimum Gasteiger partial charge on any atom is -0.309 e. The van der Waals surface area contributed by atoms with Crippen molar-refractivity contribution < 1.29 is 13.2 Å². The van der Waals surface area contributed by atoms with Gasteiger partial charge in [0.1, 0.15) is 11.6 Å². The van der Waals surface area contributed by atoms with Gasteiger partial charge in [0, 0.05) is 78.5 Å². The molecule has 1 aliphatic rings. The zero-order valence-corrected chi connectivity index (χ0v) is 21.2. The lowest BCUT2D eigenvalue weighted by atomic mass is 10.0. The Labute approximate surface area is 216 Å². The average Bonchev–Trinajstić information content (AvgIpc) is 3.44. The lowest BCUT2D eigenvalue weighted by Crippen LogP contribution is -2.45. The Morgan fingerprint density at radius 2 is 2.22 bits per heavy atom. The predicted octanol–water partition coefficient (Wildman–Crippen LogP) is 6.12. The zero-order valence-electron chi connectivity index (χ0n) is 20.4. The van der Waals surface area contributed by atoms with Gasteiger partial charge in [0.15, 0.2) is 0 Å². The number of hydrazone groups is 1. The lowest BCUT2D eigenvalue weighted by molar-refractivity contribution is 0.236. The molecule has 3 aromatic heterocycles. The van der Waals surface area contributed by atoms with Crippen molar-refractivity contribution in [3.8, 4) is 11.3 Å². The van der Waals surface area contributed by atoms with Gasteiger partial charge in [-0.2, -0.15) is 10.2 Å². The summed E-state index contributed by atoms with van der Waals surface area (Å²) in [7, 11) is 1.85. The van der Waals surface area contributed by atoms with Gasteiger partial charge in [-0.3, -0.25) is 14.7 Å². The number of pyridine rings is 1. The second-order valence-corrected chi connectivity index (χ2v) is 9.75. The maximum absolute atomic E-state index is 15.2. The molecule has 0 aliphatic carbocycles. The highest BCUT2D eigenvalue weighted by Gasteiger charge is 2.22. The van der Waals surface area contributed by atoms with E-state index in [-0.39, 0.29) is 29.7 Å². The number of fused-ring (bicyclic) bond motifs is 2. The molecule has 0 bridgehead atoms. The van der Waals surface area contributed by atoms with Gasteiger partial charge in [-0.1, -0.05) is 18.2 Å². The SMILES string of the molecule is C=NN1/C(=C\Cc2nc(-c3ccc4cn(C)nc4c3)c3scc(F)c3c2C=C(F)/C=C/F)CNCC1C. The predicted molar refractivity (Wildman–Crippen MR) is 144 cm³/mol. The van der Waals surface area contributed by atoms with Crippen molar-refractivity contribution >= 4 is 45.1 Å². The first-order chi connectivity index (χ1) is 17.9. The Bertz CT molecular complexity index is 1580. The second kappa shape index (κ2) is 10.3. The quantitative estimate of drug-likeness (QED) is 0.245. The molecule has 1 N–H and O–H groups in total. The molecule has 4 heterocycles. The van der Waals surface area contributed by atoms with Gasteiger partial charge in [-0.15, -0.1) is 11.3 Å². The van der Waals surface area contributed by atoms with Crippen LogP contribution in [-0.4, -0.2) is 45.6 Å². The molecule has 1 saturated heterocycles. The highest BCUT2D eigenvalue weighted by molar-refractivity contribution is 7.17. The first-order valence-electron chi connectivity index (χ1n) is 11.7. The number of piperazine rings is 1. The van der Waals surface area contributed by atoms with E-state index in [0.29, 0.717) is 28.7 Å². The summed E-state index contributed by atoms with van der Waals surface area (Å²) in [5, 5.41) is 16.4. The number of aromatic nitrogens is 3. The summed E-state index contributed by atoms with van der Waals surface area (Å²) in [5.41, 5.74) is 3.76. The minimum atomic E-state index is -0.838. The van der Waals surface area contributed by atoms with Crippen LogP contribution in [0.25, 0.3) is 38.3 Å². The molecule has 0 amide bonds. The van der Waals surface area contributed by atoms with E-state index in [4.69, 9.17) is 4.98 Å². The van der Waals surface area contributed by atoms with E-state index in [0.717, 1.165) is 34.8 Å². The van der Waals surface area contributed by atoms with Crippen LogP contribution < -0.4 is 5.32 Å². The largest absolute Gasteiger partial charge is 0.309 e. The summed E-state index contributed by atoms with van der Waals surface area (Å²) < 4.78 is 44.7. The van der Waals surface area contributed by atoms with Gasteiger partial charge < -0.3 is 5.32 Å². The summed E-state index contributed by atoms with van der Waals surface area (Å²) in [6, 6.07) is 5.88. The molecule has 190 valence electrons. The van der Waals surface area contributed by atoms with E-state index in [1.165, 1.54) is 16.7 Å². The van der Waals surface area contributed by atoms with Crippen molar-refractivity contribution in [3.05, 3.63) is 76.9 Å². The average molecular weight is 523 g/mol. The van der Waals surface area contributed by atoms with E-state index in [1.54, 1.807) is 4.68 Å². The third-order valence-electron chi connectivity index (χ3n) is 6.33. The van der Waals surface area contributed by atoms with Crippen molar-refractivity contribution in [1.29, 1.82) is 0 Å². The van der Waals surface area contributed by atoms with E-state index in [1.807, 2.05) is 49.5 Å². The fourth-order valence-electron chi connectivity index (χ4n) is 4.66. The number of thiophene rings is 1. The standard InChI is InChI=1S/C27H25F3N6S/c1-16-12-32-13-20(36(16)31-2)6-7-23-21(11-19(29)8-9-28)25-22(30)15-37-27(25)26(33-23)17-4-5-18-14-35(3)34-24(18)10-17/h4-6,8-11,14-16,32H,2,7,12-13H2,1,3H3/b9-8+,19-11?,20-6-. The lowest BCUT2D eigenvalue weighted by Gasteiger charge is -2.33. The maximum atomic E-state index is 15.2. The van der Waals surface area contributed by atoms with Crippen LogP contribution in [-0.2, 0) is 13.5 Å². The number of nitrogens with zero attached hydrogens (tertiary/aromatic N) is 5. The summed E-state index contributed by atoms with van der Waals surface area (Å²) in [4.78, 5) is 4.92. The zero-order chi connectivity index (χ0) is 26.1. The molecule has 5 rings (SSSR count). The van der Waals surface area contributed by atoms with Crippen LogP contribution in [0.3, 0.4) is 0 Å². The molecular weight excluding hydrogens is 497 g/mol. The van der Waals surface area contributed by atoms with Crippen LogP contribution >= 0.6 is 11.3 Å². The molecule has 37 heavy (non-hydrogen) atoms. The van der Waals surface area contributed by atoms with Crippen LogP contribution in [0.15, 0.2) is 64.9 Å². The molecule has 4 aromatic rings. The van der Waals surface area contributed by atoms with Gasteiger partial charge >= 0.3 is 0 Å². The molecular formula is C27H25F3N6S. The molecule has 1 aliphatic heterocycles. The van der Waals surface area contributed by atoms with Crippen molar-refractivity contribution in [2.24, 2.45) is 12.1 Å². The number of halogens is 3. The van der Waals surface area contributed by atoms with Crippen LogP contribution in [0.5, 0.6) is 0 Å². The van der Waals surface area contributed by atoms with Crippen LogP contribution in [0, 0.1) is 5.82 Å². The van der Waals surface area contributed by atoms with Gasteiger partial charge in [-0.05, 0) is 19.1 Å². The molecule has 0 radical (unpaired) electrons. The minimum absolute atomic E-state index is 0.106. The highest BCUT2D eigenvalue weighted by atomic mass is 32.1. The molecule has 0 saturated carbocycles. The molecule has 0 spiro atoms. The van der Waals surface area contributed by atoms with Gasteiger partial charge in [0.05, 0.1) is 34.0 Å². The summed E-state index contributed by atoms with van der Waals surface area (Å²) in [6.45, 7) is 7.04. The Kier molecular flexibility index (Phi) is 6.94. The molecule has 1 aromatic carbocycles. The number of allylic oxidation sites excluding steroid dienone is 3. The second-order valence-electron chi connectivity index (χ2n) is 8.87. The first kappa shape index (κ1) is 24.9. The van der Waals surface area contributed by atoms with E-state index in [9.17, 15) is 8.78 Å². The van der Waals surface area contributed by atoms with Crippen molar-refractivity contribution in [1.82, 2.24) is 25.1 Å². The topological polar surface area (TPSA) is 58.3 Å². The van der Waals surface area contributed by atoms with Crippen molar-refractivity contribution in [2.75, 3.05) is 13.1 Å². The number of nitrogens with one attached hydrogen (secondary N) is 1. The Hall–Kier alpha value is -3.76. The normalized spacial score (nSPS) is 18.1. The van der Waals surface area contributed by atoms with Gasteiger partial charge in [-0.25, -0.2) is 13.2 Å². The summed E-state index contributed by atoms with van der Waals surface area (Å²) in [6.07, 6.45) is 6.06. The van der Waals surface area contributed by atoms with Gasteiger partial charge in [0.2, 0.25) is 0 Å². The Morgan fingerprint density at radius 3 is 3.00 bits per heavy atom. The molecule has 6 nitrogen and oxygen atoms in total. The third kappa shape index (κ3) is 4.82. The first-order valence-corrected chi connectivity index (χ1v) is 12.6. The van der Waals surface area contributed by atoms with Crippen LogP contribution in [0.2, 0.25) is 0 Å². The Balaban J connectivity index is 1.71. The number of aryl methyl sites for hydroxylation is 1. The van der Waals surface area contributed by atoms with E-state index >= 15 is 4.39 Å². The highest BCUT2D eigenvalue weighted by Crippen LogP contribution is 2.39. The summed E-state index contributed by atoms with van der Waals surface area (Å²) in [5.74, 6) is -1.32. The fraction of sp³-hybridized carbons (Fsp3) is 0.222. The van der Waals surface area contributed by atoms with Crippen LogP contribution in [0.4, 0.5) is 13.2 Å². The number of hydrogen-bond donors (Lipinski definition) is 1. The number of rotatable bonds is 6. The number of hydrogen-bond acceptors (Lipinski definition) is 6.